The van der Waals surface area contributed by atoms with Crippen LogP contribution in [0.15, 0.2) is 109 Å². The fourth-order valence-electron chi connectivity index (χ4n) is 4.19. The smallest absolute Gasteiger partial charge is 0.0366 e. The Kier molecular flexibility index (Phi) is 6.29. The zero-order valence-corrected chi connectivity index (χ0v) is 17.8. The van der Waals surface area contributed by atoms with Gasteiger partial charge in [-0.15, -0.1) is 0 Å². The predicted molar refractivity (Wildman–Crippen MR) is 129 cm³/mol. The predicted octanol–water partition coefficient (Wildman–Crippen LogP) is 7.38. The maximum atomic E-state index is 2.37. The highest BCUT2D eigenvalue weighted by atomic mass is 15.1. The van der Waals surface area contributed by atoms with Gasteiger partial charge in [0.15, 0.2) is 0 Å². The lowest BCUT2D eigenvalue weighted by Crippen LogP contribution is -2.21. The molecule has 4 aromatic rings. The highest BCUT2D eigenvalue weighted by molar-refractivity contribution is 5.67. The van der Waals surface area contributed by atoms with E-state index in [4.69, 9.17) is 0 Å². The van der Waals surface area contributed by atoms with Gasteiger partial charge < -0.3 is 4.90 Å². The third-order valence-electron chi connectivity index (χ3n) is 5.84. The lowest BCUT2D eigenvalue weighted by Gasteiger charge is -2.21. The second-order valence-corrected chi connectivity index (χ2v) is 7.60. The van der Waals surface area contributed by atoms with E-state index >= 15 is 0 Å². The summed E-state index contributed by atoms with van der Waals surface area (Å²) in [7, 11) is 0. The topological polar surface area (TPSA) is 3.24 Å². The second-order valence-electron chi connectivity index (χ2n) is 7.60. The van der Waals surface area contributed by atoms with Crippen LogP contribution in [0.25, 0.3) is 11.1 Å². The zero-order valence-electron chi connectivity index (χ0n) is 17.8. The Morgan fingerprint density at radius 2 is 0.900 bits per heavy atom. The van der Waals surface area contributed by atoms with Gasteiger partial charge in [-0.3, -0.25) is 0 Å². The molecule has 0 atom stereocenters. The molecule has 0 heterocycles. The summed E-state index contributed by atoms with van der Waals surface area (Å²) in [5, 5.41) is 0. The van der Waals surface area contributed by atoms with E-state index < -0.39 is 0 Å². The van der Waals surface area contributed by atoms with Crippen LogP contribution in [0.1, 0.15) is 36.5 Å². The molecule has 0 bridgehead atoms. The van der Waals surface area contributed by atoms with Crippen LogP contribution < -0.4 is 4.90 Å². The van der Waals surface area contributed by atoms with Gasteiger partial charge in [0.05, 0.1) is 0 Å². The van der Waals surface area contributed by atoms with Gasteiger partial charge in [0.25, 0.3) is 0 Å². The molecule has 30 heavy (non-hydrogen) atoms. The maximum absolute atomic E-state index is 2.37. The Morgan fingerprint density at radius 1 is 0.500 bits per heavy atom. The van der Waals surface area contributed by atoms with Crippen molar-refractivity contribution in [2.45, 2.75) is 19.8 Å². The Labute approximate surface area is 180 Å². The van der Waals surface area contributed by atoms with Gasteiger partial charge in [0.2, 0.25) is 0 Å². The summed E-state index contributed by atoms with van der Waals surface area (Å²) in [6.07, 6.45) is 0. The van der Waals surface area contributed by atoms with Gasteiger partial charge in [-0.2, -0.15) is 0 Å². The molecular weight excluding hydrogens is 362 g/mol. The minimum atomic E-state index is 0.242. The Morgan fingerprint density at radius 3 is 1.33 bits per heavy atom. The van der Waals surface area contributed by atoms with E-state index in [-0.39, 0.29) is 5.92 Å². The summed E-state index contributed by atoms with van der Waals surface area (Å²) in [6, 6.07) is 39.5. The molecule has 0 N–H and O–H groups in total. The number of anilines is 1. The molecule has 0 fully saturated rings. The van der Waals surface area contributed by atoms with Gasteiger partial charge in [-0.05, 0) is 53.8 Å². The second kappa shape index (κ2) is 9.45. The monoisotopic (exact) mass is 391 g/mol. The number of benzene rings is 4. The molecule has 0 unspecified atom stereocenters. The highest BCUT2D eigenvalue weighted by Gasteiger charge is 2.16. The van der Waals surface area contributed by atoms with Crippen LogP contribution in [0.2, 0.25) is 0 Å². The Bertz CT molecular complexity index is 992. The molecule has 0 aromatic heterocycles. The summed E-state index contributed by atoms with van der Waals surface area (Å²) in [5.74, 6) is 0.242. The molecule has 0 spiro atoms. The number of rotatable bonds is 7. The van der Waals surface area contributed by atoms with Gasteiger partial charge >= 0.3 is 0 Å². The zero-order chi connectivity index (χ0) is 20.8. The van der Waals surface area contributed by atoms with E-state index in [1.165, 1.54) is 33.5 Å². The van der Waals surface area contributed by atoms with Crippen LogP contribution in [0, 0.1) is 0 Å². The third kappa shape index (κ3) is 4.31. The first-order chi connectivity index (χ1) is 14.8. The standard InChI is InChI=1S/C29H29N/c1-3-30(4-2)28-21-19-24(20-22-28)23-15-17-27(18-16-23)29(25-11-7-5-8-12-25)26-13-9-6-10-14-26/h5-22,29H,3-4H2,1-2H3. The lowest BCUT2D eigenvalue weighted by molar-refractivity contribution is 0.866. The number of hydrogen-bond acceptors (Lipinski definition) is 1. The van der Waals surface area contributed by atoms with E-state index in [2.05, 4.69) is 128 Å². The molecular formula is C29H29N. The molecule has 4 rings (SSSR count). The summed E-state index contributed by atoms with van der Waals surface area (Å²) in [6.45, 7) is 6.47. The Hall–Kier alpha value is -3.32. The normalized spacial score (nSPS) is 10.9. The summed E-state index contributed by atoms with van der Waals surface area (Å²) >= 11 is 0. The fraction of sp³-hybridized carbons (Fsp3) is 0.172. The lowest BCUT2D eigenvalue weighted by atomic mass is 9.84. The quantitative estimate of drug-likeness (QED) is 0.297. The molecule has 0 saturated heterocycles. The highest BCUT2D eigenvalue weighted by Crippen LogP contribution is 2.33. The minimum absolute atomic E-state index is 0.242. The van der Waals surface area contributed by atoms with E-state index in [9.17, 15) is 0 Å². The van der Waals surface area contributed by atoms with E-state index in [1.807, 2.05) is 0 Å². The molecule has 0 amide bonds. The van der Waals surface area contributed by atoms with Crippen molar-refractivity contribution in [3.05, 3.63) is 126 Å². The van der Waals surface area contributed by atoms with Crippen molar-refractivity contribution >= 4 is 5.69 Å². The first-order valence-corrected chi connectivity index (χ1v) is 10.9. The van der Waals surface area contributed by atoms with Crippen LogP contribution in [-0.2, 0) is 0 Å². The molecule has 1 nitrogen and oxygen atoms in total. The van der Waals surface area contributed by atoms with Crippen LogP contribution in [0.5, 0.6) is 0 Å². The summed E-state index contributed by atoms with van der Waals surface area (Å²) in [5.41, 5.74) is 7.75. The molecule has 0 aliphatic heterocycles. The van der Waals surface area contributed by atoms with Gasteiger partial charge in [-0.1, -0.05) is 97.1 Å². The van der Waals surface area contributed by atoms with Crippen molar-refractivity contribution in [1.29, 1.82) is 0 Å². The van der Waals surface area contributed by atoms with E-state index in [0.717, 1.165) is 13.1 Å². The molecule has 0 aliphatic carbocycles. The summed E-state index contributed by atoms with van der Waals surface area (Å²) < 4.78 is 0. The average molecular weight is 392 g/mol. The van der Waals surface area contributed by atoms with Crippen molar-refractivity contribution in [2.75, 3.05) is 18.0 Å². The molecule has 0 aliphatic rings. The van der Waals surface area contributed by atoms with Crippen LogP contribution >= 0.6 is 0 Å². The number of nitrogens with zero attached hydrogens (tertiary/aromatic N) is 1. The fourth-order valence-corrected chi connectivity index (χ4v) is 4.19. The van der Waals surface area contributed by atoms with Crippen LogP contribution in [0.3, 0.4) is 0 Å². The first-order valence-electron chi connectivity index (χ1n) is 10.9. The molecule has 0 saturated carbocycles. The van der Waals surface area contributed by atoms with E-state index in [0.29, 0.717) is 0 Å². The third-order valence-corrected chi connectivity index (χ3v) is 5.84. The van der Waals surface area contributed by atoms with Crippen molar-refractivity contribution in [1.82, 2.24) is 0 Å². The summed E-state index contributed by atoms with van der Waals surface area (Å²) in [4.78, 5) is 2.37. The molecule has 150 valence electrons. The minimum Gasteiger partial charge on any atom is -0.372 e. The first kappa shape index (κ1) is 20.0. The van der Waals surface area contributed by atoms with Crippen LogP contribution in [0.4, 0.5) is 5.69 Å². The average Bonchev–Trinajstić information content (AvgIpc) is 2.82. The van der Waals surface area contributed by atoms with Gasteiger partial charge in [0.1, 0.15) is 0 Å². The SMILES string of the molecule is CCN(CC)c1ccc(-c2ccc(C(c3ccccc3)c3ccccc3)cc2)cc1. The van der Waals surface area contributed by atoms with E-state index in [1.54, 1.807) is 0 Å². The van der Waals surface area contributed by atoms with Crippen molar-refractivity contribution in [2.24, 2.45) is 0 Å². The number of hydrogen-bond donors (Lipinski definition) is 0. The molecule has 0 radical (unpaired) electrons. The van der Waals surface area contributed by atoms with Gasteiger partial charge in [0, 0.05) is 24.7 Å². The van der Waals surface area contributed by atoms with Crippen molar-refractivity contribution in [3.63, 3.8) is 0 Å². The maximum Gasteiger partial charge on any atom is 0.0366 e. The Balaban J connectivity index is 1.64. The van der Waals surface area contributed by atoms with Crippen LogP contribution in [-0.4, -0.2) is 13.1 Å². The van der Waals surface area contributed by atoms with Crippen molar-refractivity contribution in [3.8, 4) is 11.1 Å². The van der Waals surface area contributed by atoms with Crippen molar-refractivity contribution < 1.29 is 0 Å². The van der Waals surface area contributed by atoms with Gasteiger partial charge in [-0.25, -0.2) is 0 Å². The molecule has 4 aromatic carbocycles. The largest absolute Gasteiger partial charge is 0.372 e. The molecule has 1 heteroatoms.